The van der Waals surface area contributed by atoms with E-state index in [1.165, 1.54) is 109 Å². The van der Waals surface area contributed by atoms with Crippen LogP contribution in [0, 0.1) is 0 Å². The summed E-state index contributed by atoms with van der Waals surface area (Å²) in [5.74, 6) is 0. The highest BCUT2D eigenvalue weighted by atomic mass is 14.5. The van der Waals surface area contributed by atoms with E-state index in [0.717, 1.165) is 12.8 Å². The van der Waals surface area contributed by atoms with E-state index in [1.807, 2.05) is 0 Å². The smallest absolute Gasteiger partial charge is 0.0469 e. The first-order valence-electron chi connectivity index (χ1n) is 18.2. The summed E-state index contributed by atoms with van der Waals surface area (Å²) in [7, 11) is 0. The number of aryl methyl sites for hydroxylation is 1. The van der Waals surface area contributed by atoms with Gasteiger partial charge in [-0.25, -0.2) is 0 Å². The second kappa shape index (κ2) is 9.93. The van der Waals surface area contributed by atoms with Crippen molar-refractivity contribution in [1.82, 2.24) is 0 Å². The lowest BCUT2D eigenvalue weighted by Gasteiger charge is -2.29. The number of fused-ring (bicyclic) bond motifs is 19. The highest BCUT2D eigenvalue weighted by molar-refractivity contribution is 6.39. The van der Waals surface area contributed by atoms with E-state index in [-0.39, 0.29) is 5.41 Å². The molecule has 1 spiro atoms. The van der Waals surface area contributed by atoms with Crippen LogP contribution in [0.4, 0.5) is 0 Å². The van der Waals surface area contributed by atoms with Gasteiger partial charge in [0.25, 0.3) is 0 Å². The van der Waals surface area contributed by atoms with Crippen LogP contribution in [0.25, 0.3) is 86.9 Å². The third kappa shape index (κ3) is 3.54. The second-order valence-corrected chi connectivity index (χ2v) is 14.7. The van der Waals surface area contributed by atoms with Crippen LogP contribution in [0.1, 0.15) is 28.7 Å². The summed E-state index contributed by atoms with van der Waals surface area (Å²) in [4.78, 5) is 0. The van der Waals surface area contributed by atoms with Gasteiger partial charge in [0.05, 0.1) is 0 Å². The zero-order valence-electron chi connectivity index (χ0n) is 28.1. The lowest BCUT2D eigenvalue weighted by molar-refractivity contribution is 0.626. The molecule has 0 bridgehead atoms. The van der Waals surface area contributed by atoms with Gasteiger partial charge in [0.2, 0.25) is 0 Å². The van der Waals surface area contributed by atoms with Crippen LogP contribution in [0.5, 0.6) is 0 Å². The van der Waals surface area contributed by atoms with Crippen molar-refractivity contribution < 1.29 is 0 Å². The number of hydrogen-bond donors (Lipinski definition) is 0. The van der Waals surface area contributed by atoms with E-state index in [2.05, 4.69) is 170 Å². The third-order valence-corrected chi connectivity index (χ3v) is 12.4. The Balaban J connectivity index is 1.15. The molecular weight excluding hydrogens is 613 g/mol. The molecule has 0 radical (unpaired) electrons. The molecule has 12 rings (SSSR count). The molecule has 236 valence electrons. The molecule has 0 heterocycles. The normalized spacial score (nSPS) is 16.2. The fraction of sp³-hybridized carbons (Fsp3) is 0.0588. The largest absolute Gasteiger partial charge is 0.0619 e. The molecule has 0 amide bonds. The Morgan fingerprint density at radius 3 is 1.55 bits per heavy atom. The van der Waals surface area contributed by atoms with Gasteiger partial charge in [-0.3, -0.25) is 0 Å². The minimum absolute atomic E-state index is 0.143. The van der Waals surface area contributed by atoms with E-state index in [9.17, 15) is 0 Å². The van der Waals surface area contributed by atoms with Crippen molar-refractivity contribution in [3.8, 4) is 22.3 Å². The summed E-state index contributed by atoms with van der Waals surface area (Å²) >= 11 is 0. The molecule has 0 fully saturated rings. The maximum atomic E-state index is 2.54. The van der Waals surface area contributed by atoms with Gasteiger partial charge in [0.15, 0.2) is 0 Å². The van der Waals surface area contributed by atoms with Crippen LogP contribution in [0.2, 0.25) is 0 Å². The fourth-order valence-electron chi connectivity index (χ4n) is 10.3. The Morgan fingerprint density at radius 2 is 0.843 bits per heavy atom. The molecule has 0 saturated carbocycles. The quantitative estimate of drug-likeness (QED) is 0.156. The van der Waals surface area contributed by atoms with Crippen molar-refractivity contribution in [3.63, 3.8) is 0 Å². The Labute approximate surface area is 296 Å². The minimum Gasteiger partial charge on any atom is -0.0619 e. The Morgan fingerprint density at radius 1 is 0.333 bits per heavy atom. The molecule has 2 aliphatic rings. The molecule has 0 heteroatoms. The van der Waals surface area contributed by atoms with Gasteiger partial charge in [-0.2, -0.15) is 0 Å². The first-order chi connectivity index (χ1) is 25.3. The van der Waals surface area contributed by atoms with Gasteiger partial charge in [0.1, 0.15) is 0 Å². The highest BCUT2D eigenvalue weighted by Gasteiger charge is 2.48. The molecule has 0 nitrogen and oxygen atoms in total. The SMILES string of the molecule is c1ccc2c(c1)-c1ccc(-c3ccc4c5ccccc5c5c6ccccc6c6ccccc6c5c4c3)cc1C21CCc2cc3ccccc3cc21. The zero-order valence-corrected chi connectivity index (χ0v) is 28.1. The molecule has 1 unspecified atom stereocenters. The monoisotopic (exact) mass is 644 g/mol. The molecule has 51 heavy (non-hydrogen) atoms. The van der Waals surface area contributed by atoms with Crippen molar-refractivity contribution in [1.29, 1.82) is 0 Å². The summed E-state index contributed by atoms with van der Waals surface area (Å²) in [5, 5.41) is 15.9. The summed E-state index contributed by atoms with van der Waals surface area (Å²) in [6.45, 7) is 0. The standard InChI is InChI=1S/C51H32/c1-2-12-32-29-47-35(27-31(32)11-1)25-26-51(47)46-20-10-9-16-40(46)41-24-22-34(30-48(41)51)33-21-23-39-38-15-5-7-18-43(38)49-42-17-6-3-13-36(42)37-14-4-8-19-44(37)50(49)45(39)28-33/h1-24,27-30H,25-26H2. The Hall–Kier alpha value is -6.24. The van der Waals surface area contributed by atoms with Gasteiger partial charge in [-0.15, -0.1) is 0 Å². The van der Waals surface area contributed by atoms with E-state index in [0.29, 0.717) is 0 Å². The second-order valence-electron chi connectivity index (χ2n) is 14.7. The van der Waals surface area contributed by atoms with E-state index in [4.69, 9.17) is 0 Å². The molecule has 0 saturated heterocycles. The van der Waals surface area contributed by atoms with Crippen molar-refractivity contribution in [2.75, 3.05) is 0 Å². The van der Waals surface area contributed by atoms with E-state index >= 15 is 0 Å². The van der Waals surface area contributed by atoms with Crippen LogP contribution in [0.15, 0.2) is 170 Å². The summed E-state index contributed by atoms with van der Waals surface area (Å²) in [5.41, 5.74) is 11.1. The van der Waals surface area contributed by atoms with Crippen molar-refractivity contribution in [3.05, 3.63) is 192 Å². The van der Waals surface area contributed by atoms with Crippen molar-refractivity contribution >= 4 is 64.6 Å². The van der Waals surface area contributed by atoms with Crippen LogP contribution in [0.3, 0.4) is 0 Å². The third-order valence-electron chi connectivity index (χ3n) is 12.4. The van der Waals surface area contributed by atoms with Crippen molar-refractivity contribution in [2.45, 2.75) is 18.3 Å². The first-order valence-corrected chi connectivity index (χ1v) is 18.2. The van der Waals surface area contributed by atoms with Gasteiger partial charge in [-0.1, -0.05) is 152 Å². The molecular formula is C51H32. The number of rotatable bonds is 1. The van der Waals surface area contributed by atoms with E-state index in [1.54, 1.807) is 0 Å². The van der Waals surface area contributed by atoms with Gasteiger partial charge < -0.3 is 0 Å². The molecule has 0 N–H and O–H groups in total. The molecule has 10 aromatic rings. The molecule has 2 aliphatic carbocycles. The highest BCUT2D eigenvalue weighted by Crippen LogP contribution is 2.59. The maximum Gasteiger partial charge on any atom is 0.0469 e. The Bertz CT molecular complexity index is 3130. The van der Waals surface area contributed by atoms with Crippen LogP contribution in [-0.2, 0) is 11.8 Å². The molecule has 0 aliphatic heterocycles. The average Bonchev–Trinajstić information content (AvgIpc) is 3.71. The van der Waals surface area contributed by atoms with Crippen molar-refractivity contribution in [2.24, 2.45) is 0 Å². The summed E-state index contributed by atoms with van der Waals surface area (Å²) in [6.07, 6.45) is 2.19. The number of hydrogen-bond acceptors (Lipinski definition) is 0. The van der Waals surface area contributed by atoms with Crippen LogP contribution < -0.4 is 0 Å². The lowest BCUT2D eigenvalue weighted by Crippen LogP contribution is -2.23. The molecule has 0 aromatic heterocycles. The summed E-state index contributed by atoms with van der Waals surface area (Å²) in [6, 6.07) is 64.5. The number of benzene rings is 10. The van der Waals surface area contributed by atoms with Gasteiger partial charge in [-0.05, 0) is 140 Å². The zero-order chi connectivity index (χ0) is 33.3. The predicted molar refractivity (Wildman–Crippen MR) is 217 cm³/mol. The van der Waals surface area contributed by atoms with Gasteiger partial charge >= 0.3 is 0 Å². The lowest BCUT2D eigenvalue weighted by atomic mass is 9.72. The molecule has 1 atom stereocenters. The summed E-state index contributed by atoms with van der Waals surface area (Å²) < 4.78 is 0. The van der Waals surface area contributed by atoms with Crippen LogP contribution in [-0.4, -0.2) is 0 Å². The topological polar surface area (TPSA) is 0 Å². The fourth-order valence-corrected chi connectivity index (χ4v) is 10.3. The predicted octanol–water partition coefficient (Wildman–Crippen LogP) is 13.5. The Kier molecular flexibility index (Phi) is 5.37. The molecule has 10 aromatic carbocycles. The average molecular weight is 645 g/mol. The van der Waals surface area contributed by atoms with Gasteiger partial charge in [0, 0.05) is 5.41 Å². The van der Waals surface area contributed by atoms with Crippen LogP contribution >= 0.6 is 0 Å². The first kappa shape index (κ1) is 27.6. The van der Waals surface area contributed by atoms with E-state index < -0.39 is 0 Å². The minimum atomic E-state index is -0.143. The maximum absolute atomic E-state index is 2.54.